The summed E-state index contributed by atoms with van der Waals surface area (Å²) in [4.78, 5) is 30.2. The number of likely N-dealkylation sites (tertiary alicyclic amines) is 1. The first kappa shape index (κ1) is 20.7. The number of benzene rings is 2. The number of hydrogen-bond acceptors (Lipinski definition) is 5. The van der Waals surface area contributed by atoms with E-state index >= 15 is 0 Å². The molecule has 31 heavy (non-hydrogen) atoms. The zero-order valence-electron chi connectivity index (χ0n) is 17.4. The summed E-state index contributed by atoms with van der Waals surface area (Å²) in [6, 6.07) is 11.7. The Labute approximate surface area is 179 Å². The second kappa shape index (κ2) is 8.67. The average molecular weight is 422 g/mol. The van der Waals surface area contributed by atoms with E-state index in [4.69, 9.17) is 4.52 Å². The van der Waals surface area contributed by atoms with E-state index in [2.05, 4.69) is 15.5 Å². The number of piperidine rings is 1. The standard InChI is InChI=1S/C23H23FN4O3/c1-14-5-6-17(12-20(14)24)23(30)28-11-3-4-18(13-28)22-26-21(27-31-22)16-7-9-19(10-8-16)25-15(2)29/h5-10,12,18H,3-4,11,13H2,1-2H3,(H,25,29)/t18-/m0/s1. The molecule has 1 saturated heterocycles. The summed E-state index contributed by atoms with van der Waals surface area (Å²) >= 11 is 0. The van der Waals surface area contributed by atoms with Gasteiger partial charge in [0.15, 0.2) is 0 Å². The number of aromatic nitrogens is 2. The molecule has 3 aromatic rings. The van der Waals surface area contributed by atoms with E-state index in [1.54, 1.807) is 36.1 Å². The van der Waals surface area contributed by atoms with E-state index < -0.39 is 0 Å². The fraction of sp³-hybridized carbons (Fsp3) is 0.304. The number of halogens is 1. The van der Waals surface area contributed by atoms with Crippen molar-refractivity contribution in [2.24, 2.45) is 0 Å². The van der Waals surface area contributed by atoms with Crippen molar-refractivity contribution >= 4 is 17.5 Å². The molecule has 1 aliphatic heterocycles. The van der Waals surface area contributed by atoms with E-state index in [1.807, 2.05) is 12.1 Å². The number of aryl methyl sites for hydroxylation is 1. The normalized spacial score (nSPS) is 16.2. The molecule has 160 valence electrons. The predicted molar refractivity (Wildman–Crippen MR) is 113 cm³/mol. The summed E-state index contributed by atoms with van der Waals surface area (Å²) in [5.41, 5.74) is 2.31. The summed E-state index contributed by atoms with van der Waals surface area (Å²) in [5, 5.41) is 6.79. The molecule has 0 aliphatic carbocycles. The minimum Gasteiger partial charge on any atom is -0.339 e. The van der Waals surface area contributed by atoms with Gasteiger partial charge >= 0.3 is 0 Å². The predicted octanol–water partition coefficient (Wildman–Crippen LogP) is 4.16. The van der Waals surface area contributed by atoms with Gasteiger partial charge in [-0.3, -0.25) is 9.59 Å². The molecule has 1 aliphatic rings. The molecule has 8 heteroatoms. The van der Waals surface area contributed by atoms with E-state index in [0.29, 0.717) is 41.6 Å². The Morgan fingerprint density at radius 3 is 2.68 bits per heavy atom. The van der Waals surface area contributed by atoms with Crippen LogP contribution < -0.4 is 5.32 Å². The monoisotopic (exact) mass is 422 g/mol. The first-order chi connectivity index (χ1) is 14.9. The van der Waals surface area contributed by atoms with Gasteiger partial charge in [-0.15, -0.1) is 0 Å². The van der Waals surface area contributed by atoms with Crippen LogP contribution in [-0.2, 0) is 4.79 Å². The van der Waals surface area contributed by atoms with Crippen molar-refractivity contribution in [3.63, 3.8) is 0 Å². The molecule has 2 aromatic carbocycles. The third-order valence-corrected chi connectivity index (χ3v) is 5.38. The van der Waals surface area contributed by atoms with Crippen molar-refractivity contribution in [1.82, 2.24) is 15.0 Å². The van der Waals surface area contributed by atoms with Gasteiger partial charge in [0.05, 0.1) is 5.92 Å². The van der Waals surface area contributed by atoms with Gasteiger partial charge in [-0.05, 0) is 61.7 Å². The number of rotatable bonds is 4. The molecular weight excluding hydrogens is 399 g/mol. The summed E-state index contributed by atoms with van der Waals surface area (Å²) in [6.07, 6.45) is 1.63. The lowest BCUT2D eigenvalue weighted by Crippen LogP contribution is -2.39. The smallest absolute Gasteiger partial charge is 0.253 e. The summed E-state index contributed by atoms with van der Waals surface area (Å²) in [7, 11) is 0. The van der Waals surface area contributed by atoms with Crippen molar-refractivity contribution in [3.05, 3.63) is 65.3 Å². The zero-order valence-corrected chi connectivity index (χ0v) is 17.4. The second-order valence-electron chi connectivity index (χ2n) is 7.77. The fourth-order valence-electron chi connectivity index (χ4n) is 3.70. The number of nitrogens with zero attached hydrogens (tertiary/aromatic N) is 3. The Balaban J connectivity index is 1.46. The highest BCUT2D eigenvalue weighted by atomic mass is 19.1. The van der Waals surface area contributed by atoms with E-state index in [0.717, 1.165) is 18.4 Å². The van der Waals surface area contributed by atoms with Crippen molar-refractivity contribution in [3.8, 4) is 11.4 Å². The average Bonchev–Trinajstić information content (AvgIpc) is 3.26. The maximum atomic E-state index is 13.9. The maximum Gasteiger partial charge on any atom is 0.253 e. The van der Waals surface area contributed by atoms with Crippen LogP contribution >= 0.6 is 0 Å². The molecule has 0 bridgehead atoms. The van der Waals surface area contributed by atoms with Crippen molar-refractivity contribution in [2.75, 3.05) is 18.4 Å². The Bertz CT molecular complexity index is 1110. The van der Waals surface area contributed by atoms with Crippen LogP contribution in [0.3, 0.4) is 0 Å². The summed E-state index contributed by atoms with van der Waals surface area (Å²) in [6.45, 7) is 4.17. The minimum atomic E-state index is -0.384. The quantitative estimate of drug-likeness (QED) is 0.682. The number of carbonyl (C=O) groups is 2. The summed E-state index contributed by atoms with van der Waals surface area (Å²) < 4.78 is 19.4. The second-order valence-corrected chi connectivity index (χ2v) is 7.77. The Morgan fingerprint density at radius 1 is 1.19 bits per heavy atom. The van der Waals surface area contributed by atoms with E-state index in [-0.39, 0.29) is 23.5 Å². The number of anilines is 1. The van der Waals surface area contributed by atoms with Gasteiger partial charge in [0.1, 0.15) is 5.82 Å². The molecule has 7 nitrogen and oxygen atoms in total. The first-order valence-electron chi connectivity index (χ1n) is 10.2. The molecule has 1 fully saturated rings. The third kappa shape index (κ3) is 4.63. The molecule has 0 radical (unpaired) electrons. The van der Waals surface area contributed by atoms with Gasteiger partial charge in [0.25, 0.3) is 5.91 Å². The topological polar surface area (TPSA) is 88.3 Å². The molecule has 0 spiro atoms. The van der Waals surface area contributed by atoms with Crippen LogP contribution in [0.25, 0.3) is 11.4 Å². The molecule has 0 saturated carbocycles. The molecular formula is C23H23FN4O3. The van der Waals surface area contributed by atoms with Crippen LogP contribution in [0.5, 0.6) is 0 Å². The lowest BCUT2D eigenvalue weighted by Gasteiger charge is -2.31. The molecule has 1 atom stereocenters. The molecule has 2 amide bonds. The molecule has 4 rings (SSSR count). The molecule has 2 heterocycles. The van der Waals surface area contributed by atoms with Crippen LogP contribution in [0.4, 0.5) is 10.1 Å². The van der Waals surface area contributed by atoms with Gasteiger partial charge in [-0.2, -0.15) is 4.98 Å². The highest BCUT2D eigenvalue weighted by Crippen LogP contribution is 2.29. The fourth-order valence-corrected chi connectivity index (χ4v) is 3.70. The van der Waals surface area contributed by atoms with Crippen LogP contribution in [0.15, 0.2) is 47.0 Å². The lowest BCUT2D eigenvalue weighted by molar-refractivity contribution is -0.114. The highest BCUT2D eigenvalue weighted by Gasteiger charge is 2.29. The molecule has 1 N–H and O–H groups in total. The number of hydrogen-bond donors (Lipinski definition) is 1. The van der Waals surface area contributed by atoms with Gasteiger partial charge in [-0.1, -0.05) is 11.2 Å². The van der Waals surface area contributed by atoms with E-state index in [9.17, 15) is 14.0 Å². The summed E-state index contributed by atoms with van der Waals surface area (Å²) in [5.74, 6) is 0.136. The van der Waals surface area contributed by atoms with Gasteiger partial charge in [-0.25, -0.2) is 4.39 Å². The number of carbonyl (C=O) groups excluding carboxylic acids is 2. The highest BCUT2D eigenvalue weighted by molar-refractivity contribution is 5.94. The maximum absolute atomic E-state index is 13.9. The van der Waals surface area contributed by atoms with E-state index in [1.165, 1.54) is 13.0 Å². The Morgan fingerprint density at radius 2 is 1.97 bits per heavy atom. The van der Waals surface area contributed by atoms with Crippen molar-refractivity contribution in [2.45, 2.75) is 32.6 Å². The first-order valence-corrected chi connectivity index (χ1v) is 10.2. The lowest BCUT2D eigenvalue weighted by atomic mass is 9.97. The SMILES string of the molecule is CC(=O)Nc1ccc(-c2noc([C@H]3CCCN(C(=O)c4ccc(C)c(F)c4)C3)n2)cc1. The van der Waals surface area contributed by atoms with Gasteiger partial charge in [0.2, 0.25) is 17.6 Å². The van der Waals surface area contributed by atoms with Crippen LogP contribution in [-0.4, -0.2) is 39.9 Å². The van der Waals surface area contributed by atoms with Crippen molar-refractivity contribution < 1.29 is 18.5 Å². The number of amides is 2. The minimum absolute atomic E-state index is 0.0760. The van der Waals surface area contributed by atoms with Crippen LogP contribution in [0.1, 0.15) is 47.5 Å². The van der Waals surface area contributed by atoms with Crippen LogP contribution in [0, 0.1) is 12.7 Å². The zero-order chi connectivity index (χ0) is 22.0. The number of nitrogens with one attached hydrogen (secondary N) is 1. The van der Waals surface area contributed by atoms with Crippen LogP contribution in [0.2, 0.25) is 0 Å². The Hall–Kier alpha value is -3.55. The molecule has 0 unspecified atom stereocenters. The van der Waals surface area contributed by atoms with Crippen molar-refractivity contribution in [1.29, 1.82) is 0 Å². The molecule has 1 aromatic heterocycles. The largest absolute Gasteiger partial charge is 0.339 e. The Kier molecular flexibility index (Phi) is 5.79. The third-order valence-electron chi connectivity index (χ3n) is 5.38. The van der Waals surface area contributed by atoms with Gasteiger partial charge < -0.3 is 14.7 Å². The van der Waals surface area contributed by atoms with Gasteiger partial charge in [0, 0.05) is 36.8 Å².